The van der Waals surface area contributed by atoms with Crippen molar-refractivity contribution >= 4 is 0 Å². The monoisotopic (exact) mass is 236 g/mol. The molecule has 4 heteroatoms. The minimum atomic E-state index is 0.250. The predicted octanol–water partition coefficient (Wildman–Crippen LogP) is 1.33. The highest BCUT2D eigenvalue weighted by molar-refractivity contribution is 4.38. The first-order chi connectivity index (χ1) is 7.83. The molecule has 0 atom stereocenters. The van der Waals surface area contributed by atoms with E-state index in [2.05, 4.69) is 0 Å². The van der Waals surface area contributed by atoms with Crippen molar-refractivity contribution in [1.29, 1.82) is 0 Å². The van der Waals surface area contributed by atoms with Gasteiger partial charge < -0.3 is 20.1 Å². The van der Waals surface area contributed by atoms with Crippen LogP contribution in [0.2, 0.25) is 0 Å². The third kappa shape index (κ3) is 23.6. The van der Waals surface area contributed by atoms with Gasteiger partial charge in [0.2, 0.25) is 0 Å². The van der Waals surface area contributed by atoms with E-state index in [9.17, 15) is 0 Å². The van der Waals surface area contributed by atoms with E-state index in [1.54, 1.807) is 0 Å². The summed E-state index contributed by atoms with van der Waals surface area (Å²) in [6.45, 7) is 4.45. The summed E-state index contributed by atoms with van der Waals surface area (Å²) in [5.41, 5.74) is 0. The van der Waals surface area contributed by atoms with Crippen LogP contribution >= 0.6 is 0 Å². The standard InChI is InChI=1S/C7H16O2.C5H12O2/c1-2-9-7-5-3-4-6-8;6-4-2-1-3-5-7/h8H,2-7H2,1H3;6-7H,1-5H2. The number of hydrogen-bond donors (Lipinski definition) is 3. The maximum absolute atomic E-state index is 8.38. The Hall–Kier alpha value is -0.160. The van der Waals surface area contributed by atoms with Gasteiger partial charge >= 0.3 is 0 Å². The summed E-state index contributed by atoms with van der Waals surface area (Å²) >= 11 is 0. The van der Waals surface area contributed by atoms with Crippen molar-refractivity contribution in [3.63, 3.8) is 0 Å². The van der Waals surface area contributed by atoms with Crippen molar-refractivity contribution in [1.82, 2.24) is 0 Å². The van der Waals surface area contributed by atoms with Gasteiger partial charge in [-0.3, -0.25) is 0 Å². The normalized spacial score (nSPS) is 9.75. The summed E-state index contributed by atoms with van der Waals surface area (Å²) in [6, 6.07) is 0. The molecular weight excluding hydrogens is 208 g/mol. The summed E-state index contributed by atoms with van der Waals surface area (Å²) in [7, 11) is 0. The molecule has 0 aromatic rings. The van der Waals surface area contributed by atoms with E-state index >= 15 is 0 Å². The van der Waals surface area contributed by atoms with Gasteiger partial charge in [-0.05, 0) is 45.4 Å². The Labute approximate surface area is 99.3 Å². The molecule has 0 rings (SSSR count). The quantitative estimate of drug-likeness (QED) is 0.500. The van der Waals surface area contributed by atoms with Gasteiger partial charge in [0.05, 0.1) is 0 Å². The summed E-state index contributed by atoms with van der Waals surface area (Å²) in [6.07, 6.45) is 5.64. The van der Waals surface area contributed by atoms with E-state index in [0.717, 1.165) is 51.7 Å². The van der Waals surface area contributed by atoms with Crippen molar-refractivity contribution in [2.24, 2.45) is 0 Å². The molecular formula is C12H28O4. The Balaban J connectivity index is 0. The Morgan fingerprint density at radius 3 is 1.50 bits per heavy atom. The number of aliphatic hydroxyl groups is 3. The van der Waals surface area contributed by atoms with Gasteiger partial charge in [-0.1, -0.05) is 0 Å². The van der Waals surface area contributed by atoms with Crippen LogP contribution in [0.3, 0.4) is 0 Å². The number of aliphatic hydroxyl groups excluding tert-OH is 3. The van der Waals surface area contributed by atoms with Gasteiger partial charge in [0.1, 0.15) is 0 Å². The lowest BCUT2D eigenvalue weighted by Crippen LogP contribution is -1.93. The Bertz CT molecular complexity index is 89.0. The fourth-order valence-electron chi connectivity index (χ4n) is 1.04. The molecule has 0 aliphatic rings. The van der Waals surface area contributed by atoms with Crippen LogP contribution in [0, 0.1) is 0 Å². The van der Waals surface area contributed by atoms with Crippen molar-refractivity contribution < 1.29 is 20.1 Å². The zero-order chi connectivity index (χ0) is 12.5. The highest BCUT2D eigenvalue weighted by Crippen LogP contribution is 1.93. The SMILES string of the molecule is CCOCCCCCO.OCCCCCO. The van der Waals surface area contributed by atoms with E-state index in [1.807, 2.05) is 6.92 Å². The first-order valence-corrected chi connectivity index (χ1v) is 6.23. The molecule has 0 bridgehead atoms. The average molecular weight is 236 g/mol. The molecule has 0 amide bonds. The lowest BCUT2D eigenvalue weighted by molar-refractivity contribution is 0.141. The number of unbranched alkanes of at least 4 members (excludes halogenated alkanes) is 4. The molecule has 3 N–H and O–H groups in total. The second-order valence-corrected chi connectivity index (χ2v) is 3.49. The summed E-state index contributed by atoms with van der Waals surface area (Å²) in [5, 5.41) is 24.8. The van der Waals surface area contributed by atoms with Crippen molar-refractivity contribution in [2.75, 3.05) is 33.0 Å². The molecule has 0 radical (unpaired) electrons. The van der Waals surface area contributed by atoms with Crippen LogP contribution in [-0.4, -0.2) is 48.4 Å². The second-order valence-electron chi connectivity index (χ2n) is 3.49. The molecule has 0 unspecified atom stereocenters. The Morgan fingerprint density at radius 1 is 0.688 bits per heavy atom. The van der Waals surface area contributed by atoms with Crippen molar-refractivity contribution in [2.45, 2.75) is 45.4 Å². The number of rotatable bonds is 10. The molecule has 0 spiro atoms. The van der Waals surface area contributed by atoms with E-state index in [1.165, 1.54) is 0 Å². The van der Waals surface area contributed by atoms with Gasteiger partial charge in [-0.15, -0.1) is 0 Å². The van der Waals surface area contributed by atoms with Crippen LogP contribution < -0.4 is 0 Å². The van der Waals surface area contributed by atoms with Crippen LogP contribution in [0.5, 0.6) is 0 Å². The van der Waals surface area contributed by atoms with Crippen LogP contribution in [-0.2, 0) is 4.74 Å². The summed E-state index contributed by atoms with van der Waals surface area (Å²) < 4.78 is 5.10. The molecule has 0 aromatic heterocycles. The first-order valence-electron chi connectivity index (χ1n) is 6.23. The largest absolute Gasteiger partial charge is 0.396 e. The van der Waals surface area contributed by atoms with Gasteiger partial charge in [0.15, 0.2) is 0 Å². The van der Waals surface area contributed by atoms with E-state index in [-0.39, 0.29) is 13.2 Å². The minimum absolute atomic E-state index is 0.250. The minimum Gasteiger partial charge on any atom is -0.396 e. The molecule has 0 aromatic carbocycles. The highest BCUT2D eigenvalue weighted by Gasteiger charge is 1.85. The fourth-order valence-corrected chi connectivity index (χ4v) is 1.04. The molecule has 0 aliphatic carbocycles. The van der Waals surface area contributed by atoms with E-state index in [0.29, 0.717) is 6.61 Å². The fraction of sp³-hybridized carbons (Fsp3) is 1.00. The Morgan fingerprint density at radius 2 is 1.12 bits per heavy atom. The van der Waals surface area contributed by atoms with Gasteiger partial charge in [0, 0.05) is 33.0 Å². The van der Waals surface area contributed by atoms with Crippen LogP contribution in [0.15, 0.2) is 0 Å². The number of ether oxygens (including phenoxy) is 1. The molecule has 0 saturated carbocycles. The average Bonchev–Trinajstić information content (AvgIpc) is 2.31. The van der Waals surface area contributed by atoms with E-state index < -0.39 is 0 Å². The van der Waals surface area contributed by atoms with Crippen LogP contribution in [0.1, 0.15) is 45.4 Å². The maximum atomic E-state index is 8.38. The van der Waals surface area contributed by atoms with Crippen molar-refractivity contribution in [3.8, 4) is 0 Å². The first kappa shape index (κ1) is 18.2. The highest BCUT2D eigenvalue weighted by atomic mass is 16.5. The van der Waals surface area contributed by atoms with Gasteiger partial charge in [-0.2, -0.15) is 0 Å². The molecule has 0 saturated heterocycles. The van der Waals surface area contributed by atoms with Gasteiger partial charge in [0.25, 0.3) is 0 Å². The molecule has 4 nitrogen and oxygen atoms in total. The van der Waals surface area contributed by atoms with Crippen LogP contribution in [0.25, 0.3) is 0 Å². The molecule has 100 valence electrons. The molecule has 0 aliphatic heterocycles. The number of hydrogen-bond acceptors (Lipinski definition) is 4. The molecule has 0 heterocycles. The third-order valence-electron chi connectivity index (χ3n) is 1.97. The van der Waals surface area contributed by atoms with E-state index in [4.69, 9.17) is 20.1 Å². The lowest BCUT2D eigenvalue weighted by atomic mass is 10.2. The zero-order valence-corrected chi connectivity index (χ0v) is 10.5. The zero-order valence-electron chi connectivity index (χ0n) is 10.5. The summed E-state index contributed by atoms with van der Waals surface area (Å²) in [5.74, 6) is 0. The topological polar surface area (TPSA) is 69.9 Å². The van der Waals surface area contributed by atoms with Crippen molar-refractivity contribution in [3.05, 3.63) is 0 Å². The summed E-state index contributed by atoms with van der Waals surface area (Å²) in [4.78, 5) is 0. The second kappa shape index (κ2) is 20.3. The smallest absolute Gasteiger partial charge is 0.0465 e. The molecule has 16 heavy (non-hydrogen) atoms. The van der Waals surface area contributed by atoms with Gasteiger partial charge in [-0.25, -0.2) is 0 Å². The lowest BCUT2D eigenvalue weighted by Gasteiger charge is -1.98. The van der Waals surface area contributed by atoms with Crippen LogP contribution in [0.4, 0.5) is 0 Å². The predicted molar refractivity (Wildman–Crippen MR) is 65.5 cm³/mol. The molecule has 0 fully saturated rings. The third-order valence-corrected chi connectivity index (χ3v) is 1.97. The Kier molecular flexibility index (Phi) is 23.1. The maximum Gasteiger partial charge on any atom is 0.0465 e.